The SMILES string of the molecule is CC(C)Cn1c(=O)[nH]c(=O)c2c(C(=O)Nc3ccccc3N)cc(C(C)C)nc21. The van der Waals surface area contributed by atoms with Gasteiger partial charge in [0.25, 0.3) is 11.5 Å². The van der Waals surface area contributed by atoms with Gasteiger partial charge in [-0.25, -0.2) is 9.78 Å². The summed E-state index contributed by atoms with van der Waals surface area (Å²) in [7, 11) is 0. The first kappa shape index (κ1) is 20.3. The first-order chi connectivity index (χ1) is 13.7. The van der Waals surface area contributed by atoms with E-state index >= 15 is 0 Å². The number of rotatable bonds is 5. The van der Waals surface area contributed by atoms with Crippen LogP contribution in [0.1, 0.15) is 49.7 Å². The average Bonchev–Trinajstić information content (AvgIpc) is 2.65. The van der Waals surface area contributed by atoms with Crippen molar-refractivity contribution in [2.45, 2.75) is 40.2 Å². The minimum Gasteiger partial charge on any atom is -0.397 e. The van der Waals surface area contributed by atoms with Crippen LogP contribution < -0.4 is 22.3 Å². The highest BCUT2D eigenvalue weighted by atomic mass is 16.2. The number of fused-ring (bicyclic) bond motifs is 1. The summed E-state index contributed by atoms with van der Waals surface area (Å²) in [6.07, 6.45) is 0. The summed E-state index contributed by atoms with van der Waals surface area (Å²) in [6, 6.07) is 8.47. The molecule has 3 aromatic rings. The Labute approximate surface area is 167 Å². The molecule has 2 aromatic heterocycles. The number of hydrogen-bond acceptors (Lipinski definition) is 5. The number of carbonyl (C=O) groups is 1. The van der Waals surface area contributed by atoms with Crippen molar-refractivity contribution < 1.29 is 4.79 Å². The normalized spacial score (nSPS) is 11.4. The number of hydrogen-bond donors (Lipinski definition) is 3. The number of H-pyrrole nitrogens is 1. The molecule has 0 saturated carbocycles. The number of benzene rings is 1. The van der Waals surface area contributed by atoms with E-state index in [-0.39, 0.29) is 28.4 Å². The molecule has 8 heteroatoms. The number of nitrogens with zero attached hydrogens (tertiary/aromatic N) is 2. The third-order valence-electron chi connectivity index (χ3n) is 4.56. The van der Waals surface area contributed by atoms with E-state index in [9.17, 15) is 14.4 Å². The van der Waals surface area contributed by atoms with Crippen molar-refractivity contribution in [3.8, 4) is 0 Å². The Hall–Kier alpha value is -3.42. The van der Waals surface area contributed by atoms with E-state index < -0.39 is 17.2 Å². The third kappa shape index (κ3) is 4.06. The van der Waals surface area contributed by atoms with Gasteiger partial charge in [0.15, 0.2) is 5.65 Å². The van der Waals surface area contributed by atoms with Gasteiger partial charge in [-0.2, -0.15) is 0 Å². The Bertz CT molecular complexity index is 1190. The van der Waals surface area contributed by atoms with Gasteiger partial charge < -0.3 is 11.1 Å². The maximum absolute atomic E-state index is 13.1. The van der Waals surface area contributed by atoms with E-state index in [0.29, 0.717) is 23.6 Å². The van der Waals surface area contributed by atoms with Gasteiger partial charge in [-0.1, -0.05) is 39.8 Å². The van der Waals surface area contributed by atoms with E-state index in [1.807, 2.05) is 27.7 Å². The van der Waals surface area contributed by atoms with Gasteiger partial charge in [-0.05, 0) is 30.0 Å². The van der Waals surface area contributed by atoms with Gasteiger partial charge in [0.2, 0.25) is 0 Å². The Morgan fingerprint density at radius 2 is 1.90 bits per heavy atom. The zero-order chi connectivity index (χ0) is 21.3. The molecule has 0 unspecified atom stereocenters. The summed E-state index contributed by atoms with van der Waals surface area (Å²) in [6.45, 7) is 8.16. The summed E-state index contributed by atoms with van der Waals surface area (Å²) in [5.74, 6) is -0.347. The summed E-state index contributed by atoms with van der Waals surface area (Å²) in [5, 5.41) is 2.84. The maximum Gasteiger partial charge on any atom is 0.330 e. The number of amides is 1. The van der Waals surface area contributed by atoms with Gasteiger partial charge in [0, 0.05) is 12.2 Å². The van der Waals surface area contributed by atoms with Crippen LogP contribution >= 0.6 is 0 Å². The molecule has 1 aromatic carbocycles. The molecular formula is C21H25N5O3. The number of pyridine rings is 1. The lowest BCUT2D eigenvalue weighted by atomic mass is 10.0. The molecular weight excluding hydrogens is 370 g/mol. The molecule has 8 nitrogen and oxygen atoms in total. The van der Waals surface area contributed by atoms with E-state index in [4.69, 9.17) is 5.73 Å². The number of anilines is 2. The van der Waals surface area contributed by atoms with Crippen LogP contribution in [0.2, 0.25) is 0 Å². The smallest absolute Gasteiger partial charge is 0.330 e. The van der Waals surface area contributed by atoms with E-state index in [0.717, 1.165) is 0 Å². The molecule has 2 heterocycles. The van der Waals surface area contributed by atoms with Crippen molar-refractivity contribution in [2.24, 2.45) is 5.92 Å². The highest BCUT2D eigenvalue weighted by Gasteiger charge is 2.21. The Morgan fingerprint density at radius 1 is 1.21 bits per heavy atom. The van der Waals surface area contributed by atoms with Crippen molar-refractivity contribution in [2.75, 3.05) is 11.1 Å². The lowest BCUT2D eigenvalue weighted by molar-refractivity contribution is 0.102. The molecule has 0 aliphatic heterocycles. The molecule has 0 aliphatic carbocycles. The van der Waals surface area contributed by atoms with Crippen molar-refractivity contribution >= 4 is 28.3 Å². The fraction of sp³-hybridized carbons (Fsp3) is 0.333. The summed E-state index contributed by atoms with van der Waals surface area (Å²) < 4.78 is 1.42. The van der Waals surface area contributed by atoms with Crippen LogP contribution in [0.5, 0.6) is 0 Å². The zero-order valence-electron chi connectivity index (χ0n) is 16.9. The Kier molecular flexibility index (Phi) is 5.54. The first-order valence-corrected chi connectivity index (χ1v) is 9.52. The van der Waals surface area contributed by atoms with Crippen LogP contribution in [0.3, 0.4) is 0 Å². The van der Waals surface area contributed by atoms with Crippen LogP contribution in [-0.4, -0.2) is 20.4 Å². The van der Waals surface area contributed by atoms with Crippen LogP contribution in [0.4, 0.5) is 11.4 Å². The summed E-state index contributed by atoms with van der Waals surface area (Å²) in [5.41, 5.74) is 6.59. The molecule has 0 radical (unpaired) electrons. The van der Waals surface area contributed by atoms with Crippen molar-refractivity contribution in [1.29, 1.82) is 0 Å². The standard InChI is InChI=1S/C21H25N5O3/c1-11(2)10-26-18-17(20(28)25-21(26)29)13(9-16(23-18)12(3)4)19(27)24-15-8-6-5-7-14(15)22/h5-9,11-12H,10,22H2,1-4H3,(H,24,27)(H,25,28,29). The molecule has 0 spiro atoms. The second kappa shape index (κ2) is 7.90. The number of nitrogens with one attached hydrogen (secondary N) is 2. The fourth-order valence-electron chi connectivity index (χ4n) is 3.10. The molecule has 0 atom stereocenters. The maximum atomic E-state index is 13.1. The first-order valence-electron chi connectivity index (χ1n) is 9.52. The highest BCUT2D eigenvalue weighted by molar-refractivity contribution is 6.12. The minimum absolute atomic E-state index is 0.00497. The average molecular weight is 395 g/mol. The molecule has 0 saturated heterocycles. The largest absolute Gasteiger partial charge is 0.397 e. The number of carbonyl (C=O) groups excluding carboxylic acids is 1. The Balaban J connectivity index is 2.28. The fourth-order valence-corrected chi connectivity index (χ4v) is 3.10. The number of aromatic nitrogens is 3. The van der Waals surface area contributed by atoms with Crippen LogP contribution in [0, 0.1) is 5.92 Å². The van der Waals surface area contributed by atoms with E-state index in [1.54, 1.807) is 30.3 Å². The van der Waals surface area contributed by atoms with Crippen LogP contribution in [-0.2, 0) is 6.54 Å². The number of aromatic amines is 1. The van der Waals surface area contributed by atoms with Crippen molar-refractivity contribution in [1.82, 2.24) is 14.5 Å². The second-order valence-electron chi connectivity index (χ2n) is 7.75. The van der Waals surface area contributed by atoms with E-state index in [1.165, 1.54) is 4.57 Å². The third-order valence-corrected chi connectivity index (χ3v) is 4.56. The van der Waals surface area contributed by atoms with Gasteiger partial charge in [0.05, 0.1) is 22.3 Å². The molecule has 152 valence electrons. The van der Waals surface area contributed by atoms with Gasteiger partial charge >= 0.3 is 5.69 Å². The van der Waals surface area contributed by atoms with Crippen LogP contribution in [0.15, 0.2) is 39.9 Å². The highest BCUT2D eigenvalue weighted by Crippen LogP contribution is 2.23. The zero-order valence-corrected chi connectivity index (χ0v) is 16.9. The number of para-hydroxylation sites is 2. The lowest BCUT2D eigenvalue weighted by Crippen LogP contribution is -2.33. The summed E-state index contributed by atoms with van der Waals surface area (Å²) in [4.78, 5) is 45.0. The molecule has 0 aliphatic rings. The molecule has 3 rings (SSSR count). The van der Waals surface area contributed by atoms with Crippen molar-refractivity contribution in [3.63, 3.8) is 0 Å². The van der Waals surface area contributed by atoms with Gasteiger partial charge in [0.1, 0.15) is 0 Å². The molecule has 0 bridgehead atoms. The lowest BCUT2D eigenvalue weighted by Gasteiger charge is -2.16. The van der Waals surface area contributed by atoms with Gasteiger partial charge in [-0.3, -0.25) is 19.1 Å². The topological polar surface area (TPSA) is 123 Å². The number of nitrogens with two attached hydrogens (primary N) is 1. The minimum atomic E-state index is -0.640. The van der Waals surface area contributed by atoms with Crippen LogP contribution in [0.25, 0.3) is 11.0 Å². The predicted molar refractivity (Wildman–Crippen MR) is 114 cm³/mol. The molecule has 29 heavy (non-hydrogen) atoms. The predicted octanol–water partition coefficient (Wildman–Crippen LogP) is 2.70. The quantitative estimate of drug-likeness (QED) is 0.573. The molecule has 0 fully saturated rings. The Morgan fingerprint density at radius 3 is 2.52 bits per heavy atom. The number of nitrogen functional groups attached to an aromatic ring is 1. The van der Waals surface area contributed by atoms with Crippen molar-refractivity contribution in [3.05, 3.63) is 62.4 Å². The molecule has 4 N–H and O–H groups in total. The summed E-state index contributed by atoms with van der Waals surface area (Å²) >= 11 is 0. The molecule has 1 amide bonds. The monoisotopic (exact) mass is 395 g/mol. The van der Waals surface area contributed by atoms with Gasteiger partial charge in [-0.15, -0.1) is 0 Å². The van der Waals surface area contributed by atoms with E-state index in [2.05, 4.69) is 15.3 Å². The second-order valence-corrected chi connectivity index (χ2v) is 7.75.